The van der Waals surface area contributed by atoms with Gasteiger partial charge in [0.05, 0.1) is 6.61 Å². The highest BCUT2D eigenvalue weighted by molar-refractivity contribution is 8.76. The van der Waals surface area contributed by atoms with Crippen LogP contribution in [0.1, 0.15) is 55.4 Å². The van der Waals surface area contributed by atoms with Crippen molar-refractivity contribution in [1.29, 1.82) is 0 Å². The van der Waals surface area contributed by atoms with E-state index in [9.17, 15) is 0 Å². The molecule has 10 heteroatoms. The van der Waals surface area contributed by atoms with Crippen molar-refractivity contribution in [1.82, 2.24) is 14.7 Å². The lowest BCUT2D eigenvalue weighted by molar-refractivity contribution is 0.0155. The first-order valence-electron chi connectivity index (χ1n) is 10.4. The van der Waals surface area contributed by atoms with Gasteiger partial charge in [0, 0.05) is 49.3 Å². The van der Waals surface area contributed by atoms with Crippen LogP contribution in [0.3, 0.4) is 0 Å². The normalized spacial score (nSPS) is 13.3. The van der Waals surface area contributed by atoms with Gasteiger partial charge in [0.25, 0.3) is 0 Å². The number of nitrogens with two attached hydrogens (primary N) is 1. The fourth-order valence-corrected chi connectivity index (χ4v) is 6.91. The zero-order valence-electron chi connectivity index (χ0n) is 19.8. The van der Waals surface area contributed by atoms with Crippen molar-refractivity contribution in [3.05, 3.63) is 0 Å². The van der Waals surface area contributed by atoms with E-state index in [1.165, 1.54) is 0 Å². The maximum atomic E-state index is 6.34. The molecule has 29 heavy (non-hydrogen) atoms. The van der Waals surface area contributed by atoms with Gasteiger partial charge >= 0.3 is 0 Å². The molecular formula is C19H44N5O2PS2. The molecule has 0 aromatic carbocycles. The summed E-state index contributed by atoms with van der Waals surface area (Å²) in [6.07, 6.45) is 0. The smallest absolute Gasteiger partial charge is 0.191 e. The highest BCUT2D eigenvalue weighted by atomic mass is 33.1. The minimum absolute atomic E-state index is 0.327. The third-order valence-corrected chi connectivity index (χ3v) is 9.23. The van der Waals surface area contributed by atoms with E-state index in [-0.39, 0.29) is 0 Å². The quantitative estimate of drug-likeness (QED) is 0.0863. The Labute approximate surface area is 188 Å². The van der Waals surface area contributed by atoms with E-state index in [1.807, 2.05) is 0 Å². The highest BCUT2D eigenvalue weighted by Gasteiger charge is 2.34. The predicted octanol–water partition coefficient (Wildman–Crippen LogP) is 4.36. The fourth-order valence-electron chi connectivity index (χ4n) is 2.89. The van der Waals surface area contributed by atoms with Gasteiger partial charge in [0.2, 0.25) is 0 Å². The maximum absolute atomic E-state index is 6.34. The van der Waals surface area contributed by atoms with E-state index < -0.39 is 8.45 Å². The predicted molar refractivity (Wildman–Crippen MR) is 134 cm³/mol. The molecule has 0 fully saturated rings. The van der Waals surface area contributed by atoms with Crippen molar-refractivity contribution < 1.29 is 9.26 Å². The summed E-state index contributed by atoms with van der Waals surface area (Å²) in [5, 5.41) is 3.05. The first kappa shape index (κ1) is 29.2. The van der Waals surface area contributed by atoms with E-state index in [0.29, 0.717) is 43.5 Å². The summed E-state index contributed by atoms with van der Waals surface area (Å²) in [5.74, 6) is 2.39. The number of nitrogens with zero attached hydrogens (tertiary/aromatic N) is 3. The van der Waals surface area contributed by atoms with Crippen LogP contribution >= 0.6 is 30.0 Å². The van der Waals surface area contributed by atoms with Gasteiger partial charge in [0.15, 0.2) is 21.2 Å². The Hall–Kier alpha value is 0.240. The number of rotatable bonds is 16. The van der Waals surface area contributed by atoms with Crippen LogP contribution in [-0.4, -0.2) is 78.0 Å². The van der Waals surface area contributed by atoms with E-state index in [2.05, 4.69) is 75.0 Å². The molecule has 0 spiro atoms. The second kappa shape index (κ2) is 16.9. The van der Waals surface area contributed by atoms with Crippen LogP contribution in [0, 0.1) is 0 Å². The van der Waals surface area contributed by atoms with Crippen LogP contribution in [0.15, 0.2) is 4.99 Å². The molecule has 0 heterocycles. The van der Waals surface area contributed by atoms with Crippen LogP contribution in [0.25, 0.3) is 0 Å². The molecule has 0 rings (SSSR count). The molecule has 0 atom stereocenters. The third kappa shape index (κ3) is 12.6. The van der Waals surface area contributed by atoms with Gasteiger partial charge in [-0.3, -0.25) is 4.99 Å². The van der Waals surface area contributed by atoms with Crippen molar-refractivity contribution in [2.75, 3.05) is 38.5 Å². The second-order valence-electron chi connectivity index (χ2n) is 7.72. The SMILES string of the molecule is CN=C(N)NCCSSCCOCOP(N(C(C)C)C(C)C)N(C(C)C)C(C)C. The average Bonchev–Trinajstić information content (AvgIpc) is 2.61. The minimum Gasteiger partial charge on any atom is -0.370 e. The Morgan fingerprint density at radius 1 is 0.931 bits per heavy atom. The van der Waals surface area contributed by atoms with Crippen molar-refractivity contribution in [3.8, 4) is 0 Å². The Morgan fingerprint density at radius 3 is 1.86 bits per heavy atom. The average molecular weight is 470 g/mol. The lowest BCUT2D eigenvalue weighted by Gasteiger charge is -2.45. The zero-order valence-corrected chi connectivity index (χ0v) is 22.4. The van der Waals surface area contributed by atoms with Crippen molar-refractivity contribution in [2.24, 2.45) is 10.7 Å². The third-order valence-electron chi connectivity index (χ3n) is 3.89. The summed E-state index contributed by atoms with van der Waals surface area (Å²) >= 11 is 0. The molecule has 0 aliphatic carbocycles. The van der Waals surface area contributed by atoms with Crippen molar-refractivity contribution >= 4 is 36.0 Å². The first-order valence-corrected chi connectivity index (χ1v) is 14.1. The minimum atomic E-state index is -0.888. The second-order valence-corrected chi connectivity index (χ2v) is 12.1. The molecule has 0 bridgehead atoms. The molecule has 174 valence electrons. The standard InChI is InChI=1S/C19H44N5O2PS2/c1-15(2)23(16(3)4)27(24(17(5)6)18(7)8)26-14-25-11-13-29-28-12-10-22-19(20)21-9/h15-18H,10-14H2,1-9H3,(H3,20,21,22). The van der Waals surface area contributed by atoms with Crippen LogP contribution in [0.5, 0.6) is 0 Å². The van der Waals surface area contributed by atoms with E-state index in [1.54, 1.807) is 28.6 Å². The highest BCUT2D eigenvalue weighted by Crippen LogP contribution is 2.50. The summed E-state index contributed by atoms with van der Waals surface area (Å²) in [6.45, 7) is 19.7. The summed E-state index contributed by atoms with van der Waals surface area (Å²) in [5.41, 5.74) is 5.59. The molecule has 0 aliphatic heterocycles. The molecule has 0 radical (unpaired) electrons. The van der Waals surface area contributed by atoms with Crippen molar-refractivity contribution in [2.45, 2.75) is 79.6 Å². The van der Waals surface area contributed by atoms with Gasteiger partial charge in [-0.25, -0.2) is 9.34 Å². The summed E-state index contributed by atoms with van der Waals surface area (Å²) in [6, 6.07) is 1.64. The van der Waals surface area contributed by atoms with Crippen LogP contribution in [0.2, 0.25) is 0 Å². The number of hydrogen-bond acceptors (Lipinski definition) is 7. The number of nitrogens with one attached hydrogen (secondary N) is 1. The maximum Gasteiger partial charge on any atom is 0.191 e. The number of hydrogen-bond donors (Lipinski definition) is 2. The van der Waals surface area contributed by atoms with E-state index in [0.717, 1.165) is 18.1 Å². The molecule has 7 nitrogen and oxygen atoms in total. The van der Waals surface area contributed by atoms with Crippen LogP contribution < -0.4 is 11.1 Å². The fraction of sp³-hybridized carbons (Fsp3) is 0.947. The summed E-state index contributed by atoms with van der Waals surface area (Å²) in [4.78, 5) is 3.87. The van der Waals surface area contributed by atoms with Gasteiger partial charge in [-0.2, -0.15) is 0 Å². The lowest BCUT2D eigenvalue weighted by atomic mass is 10.3. The topological polar surface area (TPSA) is 75.3 Å². The van der Waals surface area contributed by atoms with Gasteiger partial charge in [-0.1, -0.05) is 21.6 Å². The van der Waals surface area contributed by atoms with Gasteiger partial charge in [0.1, 0.15) is 0 Å². The van der Waals surface area contributed by atoms with E-state index in [4.69, 9.17) is 15.0 Å². The molecule has 0 saturated heterocycles. The first-order chi connectivity index (χ1) is 13.6. The van der Waals surface area contributed by atoms with Gasteiger partial charge in [-0.05, 0) is 55.4 Å². The molecule has 0 aromatic heterocycles. The Kier molecular flexibility index (Phi) is 17.0. The van der Waals surface area contributed by atoms with Crippen LogP contribution in [0.4, 0.5) is 0 Å². The number of aliphatic imine (C=N–C) groups is 1. The van der Waals surface area contributed by atoms with Crippen LogP contribution in [-0.2, 0) is 9.26 Å². The van der Waals surface area contributed by atoms with E-state index >= 15 is 0 Å². The molecular weight excluding hydrogens is 425 g/mol. The van der Waals surface area contributed by atoms with Gasteiger partial charge < -0.3 is 20.3 Å². The zero-order chi connectivity index (χ0) is 22.4. The molecule has 0 aliphatic rings. The summed E-state index contributed by atoms with van der Waals surface area (Å²) in [7, 11) is 4.40. The number of ether oxygens (including phenoxy) is 1. The monoisotopic (exact) mass is 469 g/mol. The molecule has 0 unspecified atom stereocenters. The Bertz CT molecular complexity index is 407. The largest absolute Gasteiger partial charge is 0.370 e. The Balaban J connectivity index is 4.40. The molecule has 0 aromatic rings. The molecule has 3 N–H and O–H groups in total. The Morgan fingerprint density at radius 2 is 1.41 bits per heavy atom. The lowest BCUT2D eigenvalue weighted by Crippen LogP contribution is -2.43. The molecule has 0 amide bonds. The van der Waals surface area contributed by atoms with Gasteiger partial charge in [-0.15, -0.1) is 0 Å². The van der Waals surface area contributed by atoms with Crippen molar-refractivity contribution in [3.63, 3.8) is 0 Å². The molecule has 0 saturated carbocycles. The number of guanidine groups is 1. The summed E-state index contributed by atoms with van der Waals surface area (Å²) < 4.78 is 17.1.